The number of anilines is 1. The fourth-order valence-electron chi connectivity index (χ4n) is 4.95. The number of aryl methyl sites for hydroxylation is 2. The maximum atomic E-state index is 13.0. The number of benzene rings is 1. The van der Waals surface area contributed by atoms with E-state index in [1.54, 1.807) is 11.3 Å². The number of carbonyl (C=O) groups is 1. The number of piperidine rings is 1. The highest BCUT2D eigenvalue weighted by atomic mass is 32.1. The quantitative estimate of drug-likeness (QED) is 0.784. The Kier molecular flexibility index (Phi) is 5.64. The van der Waals surface area contributed by atoms with Gasteiger partial charge in [-0.1, -0.05) is 44.1 Å². The number of carbonyl (C=O) groups excluding carboxylic acids is 1. The normalized spacial score (nSPS) is 28.5. The van der Waals surface area contributed by atoms with E-state index in [0.717, 1.165) is 43.0 Å². The van der Waals surface area contributed by atoms with Crippen molar-refractivity contribution in [2.75, 3.05) is 18.0 Å². The standard InChI is InChI=1S/C23H33N3OS/c1-14-11-16(3)21-20(12-14)28-23(25-21)26-10-6-8-18(13-26)22(27)24-19-9-5-7-15(2)17(19)4/h11-12,15,17-19H,5-10,13H2,1-4H3,(H,24,27)/t15-,17-,18-,19+/m0/s1. The summed E-state index contributed by atoms with van der Waals surface area (Å²) in [5, 5.41) is 4.47. The molecule has 2 aliphatic rings. The van der Waals surface area contributed by atoms with Crippen LogP contribution < -0.4 is 10.2 Å². The molecule has 1 aliphatic heterocycles. The second-order valence-electron chi connectivity index (χ2n) is 9.09. The summed E-state index contributed by atoms with van der Waals surface area (Å²) >= 11 is 1.77. The maximum Gasteiger partial charge on any atom is 0.225 e. The summed E-state index contributed by atoms with van der Waals surface area (Å²) in [5.41, 5.74) is 3.64. The number of rotatable bonds is 3. The number of thiazole rings is 1. The van der Waals surface area contributed by atoms with Gasteiger partial charge in [-0.15, -0.1) is 0 Å². The zero-order valence-corrected chi connectivity index (χ0v) is 18.4. The first-order valence-corrected chi connectivity index (χ1v) is 11.7. The predicted octanol–water partition coefficient (Wildman–Crippen LogP) is 5.07. The van der Waals surface area contributed by atoms with Gasteiger partial charge in [-0.2, -0.15) is 0 Å². The second kappa shape index (κ2) is 8.02. The van der Waals surface area contributed by atoms with Crippen molar-refractivity contribution in [3.8, 4) is 0 Å². The van der Waals surface area contributed by atoms with Gasteiger partial charge in [-0.25, -0.2) is 4.98 Å². The molecule has 152 valence electrons. The molecule has 0 radical (unpaired) electrons. The molecule has 1 N–H and O–H groups in total. The molecule has 1 saturated carbocycles. The number of nitrogens with one attached hydrogen (secondary N) is 1. The van der Waals surface area contributed by atoms with Crippen molar-refractivity contribution in [1.29, 1.82) is 0 Å². The lowest BCUT2D eigenvalue weighted by Gasteiger charge is -2.37. The molecule has 28 heavy (non-hydrogen) atoms. The largest absolute Gasteiger partial charge is 0.353 e. The molecule has 0 bridgehead atoms. The van der Waals surface area contributed by atoms with Crippen molar-refractivity contribution in [3.05, 3.63) is 23.3 Å². The van der Waals surface area contributed by atoms with Crippen LogP contribution in [-0.4, -0.2) is 30.0 Å². The third kappa shape index (κ3) is 3.91. The van der Waals surface area contributed by atoms with E-state index in [4.69, 9.17) is 4.98 Å². The van der Waals surface area contributed by atoms with Gasteiger partial charge in [0.1, 0.15) is 0 Å². The molecule has 2 aromatic rings. The van der Waals surface area contributed by atoms with E-state index in [1.165, 1.54) is 28.7 Å². The van der Waals surface area contributed by atoms with Gasteiger partial charge in [0.2, 0.25) is 5.91 Å². The maximum absolute atomic E-state index is 13.0. The summed E-state index contributed by atoms with van der Waals surface area (Å²) in [6, 6.07) is 4.77. The van der Waals surface area contributed by atoms with Crippen LogP contribution >= 0.6 is 11.3 Å². The van der Waals surface area contributed by atoms with Gasteiger partial charge in [0.15, 0.2) is 5.13 Å². The zero-order chi connectivity index (χ0) is 19.8. The van der Waals surface area contributed by atoms with Crippen molar-refractivity contribution in [3.63, 3.8) is 0 Å². The Morgan fingerprint density at radius 2 is 2.00 bits per heavy atom. The third-order valence-corrected chi connectivity index (χ3v) is 7.98. The van der Waals surface area contributed by atoms with E-state index in [0.29, 0.717) is 17.9 Å². The van der Waals surface area contributed by atoms with E-state index >= 15 is 0 Å². The summed E-state index contributed by atoms with van der Waals surface area (Å²) in [6.07, 6.45) is 5.70. The molecule has 1 aromatic carbocycles. The van der Waals surface area contributed by atoms with Gasteiger partial charge in [0, 0.05) is 19.1 Å². The van der Waals surface area contributed by atoms with Gasteiger partial charge >= 0.3 is 0 Å². The zero-order valence-electron chi connectivity index (χ0n) is 17.6. The fraction of sp³-hybridized carbons (Fsp3) is 0.652. The molecular formula is C23H33N3OS. The molecule has 1 aromatic heterocycles. The van der Waals surface area contributed by atoms with Crippen LogP contribution in [0.3, 0.4) is 0 Å². The van der Waals surface area contributed by atoms with Crippen molar-refractivity contribution < 1.29 is 4.79 Å². The van der Waals surface area contributed by atoms with Crippen LogP contribution in [0.2, 0.25) is 0 Å². The summed E-state index contributed by atoms with van der Waals surface area (Å²) < 4.78 is 1.25. The van der Waals surface area contributed by atoms with Crippen molar-refractivity contribution >= 4 is 32.6 Å². The molecule has 0 unspecified atom stereocenters. The first kappa shape index (κ1) is 19.7. The Bertz CT molecular complexity index is 861. The highest BCUT2D eigenvalue weighted by molar-refractivity contribution is 7.22. The van der Waals surface area contributed by atoms with E-state index in [9.17, 15) is 4.79 Å². The summed E-state index contributed by atoms with van der Waals surface area (Å²) in [5.74, 6) is 1.61. The number of nitrogens with zero attached hydrogens (tertiary/aromatic N) is 2. The van der Waals surface area contributed by atoms with Gasteiger partial charge in [0.25, 0.3) is 0 Å². The van der Waals surface area contributed by atoms with E-state index in [1.807, 2.05) is 0 Å². The monoisotopic (exact) mass is 399 g/mol. The van der Waals surface area contributed by atoms with Gasteiger partial charge in [-0.3, -0.25) is 4.79 Å². The molecule has 1 amide bonds. The average Bonchev–Trinajstić information content (AvgIpc) is 3.10. The van der Waals surface area contributed by atoms with Crippen LogP contribution in [0, 0.1) is 31.6 Å². The fourth-order valence-corrected chi connectivity index (χ4v) is 6.12. The van der Waals surface area contributed by atoms with Crippen LogP contribution in [0.25, 0.3) is 10.2 Å². The first-order valence-electron chi connectivity index (χ1n) is 10.9. The van der Waals surface area contributed by atoms with Crippen molar-refractivity contribution in [1.82, 2.24) is 10.3 Å². The minimum absolute atomic E-state index is 0.0769. The van der Waals surface area contributed by atoms with E-state index in [-0.39, 0.29) is 11.8 Å². The molecule has 1 aliphatic carbocycles. The second-order valence-corrected chi connectivity index (χ2v) is 10.1. The number of hydrogen-bond donors (Lipinski definition) is 1. The molecule has 1 saturated heterocycles. The minimum atomic E-state index is 0.0769. The summed E-state index contributed by atoms with van der Waals surface area (Å²) in [6.45, 7) is 10.7. The molecule has 4 rings (SSSR count). The van der Waals surface area contributed by atoms with Gasteiger partial charge < -0.3 is 10.2 Å². The molecule has 4 nitrogen and oxygen atoms in total. The topological polar surface area (TPSA) is 45.2 Å². The number of amides is 1. The number of aromatic nitrogens is 1. The molecule has 2 fully saturated rings. The lowest BCUT2D eigenvalue weighted by atomic mass is 9.78. The van der Waals surface area contributed by atoms with Crippen LogP contribution in [0.4, 0.5) is 5.13 Å². The Hall–Kier alpha value is -1.62. The van der Waals surface area contributed by atoms with Crippen LogP contribution in [-0.2, 0) is 4.79 Å². The molecule has 2 heterocycles. The summed E-state index contributed by atoms with van der Waals surface area (Å²) in [4.78, 5) is 20.3. The van der Waals surface area contributed by atoms with Gasteiger partial charge in [0.05, 0.1) is 16.1 Å². The van der Waals surface area contributed by atoms with E-state index in [2.05, 4.69) is 50.0 Å². The minimum Gasteiger partial charge on any atom is -0.353 e. The number of hydrogen-bond acceptors (Lipinski definition) is 4. The van der Waals surface area contributed by atoms with Crippen LogP contribution in [0.1, 0.15) is 57.1 Å². The first-order chi connectivity index (χ1) is 13.4. The number of fused-ring (bicyclic) bond motifs is 1. The lowest BCUT2D eigenvalue weighted by Crippen LogP contribution is -2.49. The van der Waals surface area contributed by atoms with Crippen molar-refractivity contribution in [2.45, 2.75) is 65.8 Å². The average molecular weight is 400 g/mol. The van der Waals surface area contributed by atoms with Crippen molar-refractivity contribution in [2.24, 2.45) is 17.8 Å². The Balaban J connectivity index is 1.45. The van der Waals surface area contributed by atoms with Crippen LogP contribution in [0.5, 0.6) is 0 Å². The van der Waals surface area contributed by atoms with E-state index < -0.39 is 0 Å². The molecule has 4 atom stereocenters. The Labute approximate surface area is 172 Å². The third-order valence-electron chi connectivity index (χ3n) is 6.92. The summed E-state index contributed by atoms with van der Waals surface area (Å²) in [7, 11) is 0. The van der Waals surface area contributed by atoms with Crippen LogP contribution in [0.15, 0.2) is 12.1 Å². The molecule has 0 spiro atoms. The highest BCUT2D eigenvalue weighted by Gasteiger charge is 2.32. The van der Waals surface area contributed by atoms with Gasteiger partial charge in [-0.05, 0) is 62.1 Å². The molecule has 5 heteroatoms. The molecular weight excluding hydrogens is 366 g/mol. The highest BCUT2D eigenvalue weighted by Crippen LogP contribution is 2.34. The SMILES string of the molecule is Cc1cc(C)c2nc(N3CCC[C@H](C(=O)N[C@@H]4CCC[C@H](C)[C@@H]4C)C3)sc2c1. The lowest BCUT2D eigenvalue weighted by molar-refractivity contribution is -0.126. The smallest absolute Gasteiger partial charge is 0.225 e. The Morgan fingerprint density at radius 1 is 1.18 bits per heavy atom. The Morgan fingerprint density at radius 3 is 2.82 bits per heavy atom. The predicted molar refractivity (Wildman–Crippen MR) is 118 cm³/mol.